The number of piperidine rings is 1. The third kappa shape index (κ3) is 3.74. The molecule has 0 N–H and O–H groups in total. The molecule has 1 atom stereocenters. The summed E-state index contributed by atoms with van der Waals surface area (Å²) in [5.41, 5.74) is 0. The predicted octanol–water partition coefficient (Wildman–Crippen LogP) is 1.38. The number of amides is 2. The van der Waals surface area contributed by atoms with Gasteiger partial charge in [0.25, 0.3) is 0 Å². The van der Waals surface area contributed by atoms with Crippen LogP contribution in [-0.2, 0) is 16.1 Å². The normalized spacial score (nSPS) is 22.8. The number of nitrogens with zero attached hydrogens (tertiary/aromatic N) is 4. The van der Waals surface area contributed by atoms with Crippen LogP contribution in [0.3, 0.4) is 0 Å². The van der Waals surface area contributed by atoms with Gasteiger partial charge in [0.05, 0.1) is 5.92 Å². The van der Waals surface area contributed by atoms with E-state index < -0.39 is 0 Å². The molecular formula is C17H26N4O2. The number of aromatic nitrogens is 2. The lowest BCUT2D eigenvalue weighted by atomic mass is 9.92. The molecule has 2 aliphatic heterocycles. The monoisotopic (exact) mass is 318 g/mol. The van der Waals surface area contributed by atoms with E-state index in [9.17, 15) is 9.59 Å². The van der Waals surface area contributed by atoms with Crippen molar-refractivity contribution in [3.05, 3.63) is 18.5 Å². The third-order valence-corrected chi connectivity index (χ3v) is 5.20. The van der Waals surface area contributed by atoms with Crippen LogP contribution < -0.4 is 0 Å². The zero-order valence-corrected chi connectivity index (χ0v) is 13.9. The minimum absolute atomic E-state index is 0.122. The summed E-state index contributed by atoms with van der Waals surface area (Å²) in [5, 5.41) is 4.23. The molecule has 0 aromatic carbocycles. The highest BCUT2D eigenvalue weighted by molar-refractivity contribution is 5.89. The average Bonchev–Trinajstić information content (AvgIpc) is 3.22. The summed E-state index contributed by atoms with van der Waals surface area (Å²) in [6, 6.07) is 1.95. The van der Waals surface area contributed by atoms with Crippen LogP contribution in [-0.4, -0.2) is 57.6 Å². The van der Waals surface area contributed by atoms with Gasteiger partial charge in [0.2, 0.25) is 11.8 Å². The number of carbonyl (C=O) groups is 2. The van der Waals surface area contributed by atoms with E-state index in [1.54, 1.807) is 4.90 Å². The number of hydrogen-bond donors (Lipinski definition) is 0. The second kappa shape index (κ2) is 7.15. The molecule has 0 spiro atoms. The van der Waals surface area contributed by atoms with Gasteiger partial charge in [-0.1, -0.05) is 0 Å². The SMILES string of the molecule is CCN1C[C@H](C(=O)N2CCC(CCn3cccn3)CC2)CC1=O. The minimum Gasteiger partial charge on any atom is -0.342 e. The molecule has 1 aromatic heterocycles. The van der Waals surface area contributed by atoms with Gasteiger partial charge in [-0.25, -0.2) is 0 Å². The van der Waals surface area contributed by atoms with Gasteiger partial charge in [-0.3, -0.25) is 14.3 Å². The van der Waals surface area contributed by atoms with Gasteiger partial charge in [-0.2, -0.15) is 5.10 Å². The van der Waals surface area contributed by atoms with E-state index in [1.165, 1.54) is 0 Å². The highest BCUT2D eigenvalue weighted by atomic mass is 16.2. The van der Waals surface area contributed by atoms with Crippen molar-refractivity contribution < 1.29 is 9.59 Å². The molecule has 126 valence electrons. The van der Waals surface area contributed by atoms with Gasteiger partial charge < -0.3 is 9.80 Å². The van der Waals surface area contributed by atoms with Crippen molar-refractivity contribution >= 4 is 11.8 Å². The first-order valence-electron chi connectivity index (χ1n) is 8.71. The molecule has 6 nitrogen and oxygen atoms in total. The fourth-order valence-electron chi connectivity index (χ4n) is 3.69. The second-order valence-corrected chi connectivity index (χ2v) is 6.66. The van der Waals surface area contributed by atoms with E-state index in [1.807, 2.05) is 35.0 Å². The third-order valence-electron chi connectivity index (χ3n) is 5.20. The number of aryl methyl sites for hydroxylation is 1. The molecular weight excluding hydrogens is 292 g/mol. The van der Waals surface area contributed by atoms with E-state index >= 15 is 0 Å². The Kier molecular flexibility index (Phi) is 4.98. The lowest BCUT2D eigenvalue weighted by molar-refractivity contribution is -0.137. The van der Waals surface area contributed by atoms with E-state index in [4.69, 9.17) is 0 Å². The lowest BCUT2D eigenvalue weighted by Gasteiger charge is -2.33. The maximum atomic E-state index is 12.6. The molecule has 1 aromatic rings. The van der Waals surface area contributed by atoms with Crippen LogP contribution in [0, 0.1) is 11.8 Å². The predicted molar refractivity (Wildman–Crippen MR) is 86.5 cm³/mol. The molecule has 0 aliphatic carbocycles. The standard InChI is InChI=1S/C17H26N4O2/c1-2-19-13-15(12-16(19)22)17(23)20-9-4-14(5-10-20)6-11-21-8-3-7-18-21/h3,7-8,14-15H,2,4-6,9-13H2,1H3/t15-/m1/s1. The molecule has 0 radical (unpaired) electrons. The van der Waals surface area contributed by atoms with Crippen LogP contribution in [0.1, 0.15) is 32.6 Å². The van der Waals surface area contributed by atoms with Crippen molar-refractivity contribution in [2.75, 3.05) is 26.2 Å². The van der Waals surface area contributed by atoms with E-state index in [0.717, 1.165) is 38.9 Å². The van der Waals surface area contributed by atoms with Crippen molar-refractivity contribution in [1.82, 2.24) is 19.6 Å². The van der Waals surface area contributed by atoms with Gasteiger partial charge in [0.1, 0.15) is 0 Å². The molecule has 2 amide bonds. The lowest BCUT2D eigenvalue weighted by Crippen LogP contribution is -2.42. The van der Waals surface area contributed by atoms with Crippen LogP contribution in [0.25, 0.3) is 0 Å². The molecule has 23 heavy (non-hydrogen) atoms. The van der Waals surface area contributed by atoms with Gasteiger partial charge in [-0.05, 0) is 38.2 Å². The first-order valence-corrected chi connectivity index (χ1v) is 8.71. The number of rotatable bonds is 5. The second-order valence-electron chi connectivity index (χ2n) is 6.66. The Labute approximate surface area is 137 Å². The minimum atomic E-state index is -0.122. The van der Waals surface area contributed by atoms with Crippen LogP contribution in [0.2, 0.25) is 0 Å². The largest absolute Gasteiger partial charge is 0.342 e. The highest BCUT2D eigenvalue weighted by Gasteiger charge is 2.36. The molecule has 2 aliphatic rings. The Hall–Kier alpha value is -1.85. The number of hydrogen-bond acceptors (Lipinski definition) is 3. The quantitative estimate of drug-likeness (QED) is 0.824. The van der Waals surface area contributed by atoms with Gasteiger partial charge in [-0.15, -0.1) is 0 Å². The molecule has 2 saturated heterocycles. The van der Waals surface area contributed by atoms with Crippen molar-refractivity contribution in [2.24, 2.45) is 11.8 Å². The summed E-state index contributed by atoms with van der Waals surface area (Å²) in [5.74, 6) is 0.850. The Bertz CT molecular complexity index is 535. The summed E-state index contributed by atoms with van der Waals surface area (Å²) in [6.07, 6.45) is 7.44. The summed E-state index contributed by atoms with van der Waals surface area (Å²) in [6.45, 7) is 5.90. The van der Waals surface area contributed by atoms with Crippen LogP contribution in [0.15, 0.2) is 18.5 Å². The summed E-state index contributed by atoms with van der Waals surface area (Å²) >= 11 is 0. The molecule has 0 saturated carbocycles. The molecule has 3 heterocycles. The van der Waals surface area contributed by atoms with Gasteiger partial charge in [0, 0.05) is 51.5 Å². The first kappa shape index (κ1) is 16.0. The van der Waals surface area contributed by atoms with E-state index in [2.05, 4.69) is 5.10 Å². The highest BCUT2D eigenvalue weighted by Crippen LogP contribution is 2.25. The van der Waals surface area contributed by atoms with Crippen molar-refractivity contribution in [2.45, 2.75) is 39.2 Å². The molecule has 3 rings (SSSR count). The Balaban J connectivity index is 1.43. The van der Waals surface area contributed by atoms with Gasteiger partial charge >= 0.3 is 0 Å². The summed E-state index contributed by atoms with van der Waals surface area (Å²) in [7, 11) is 0. The van der Waals surface area contributed by atoms with Crippen LogP contribution in [0.5, 0.6) is 0 Å². The maximum Gasteiger partial charge on any atom is 0.227 e. The van der Waals surface area contributed by atoms with Crippen molar-refractivity contribution in [1.29, 1.82) is 0 Å². The van der Waals surface area contributed by atoms with Crippen LogP contribution in [0.4, 0.5) is 0 Å². The molecule has 2 fully saturated rings. The molecule has 6 heteroatoms. The zero-order chi connectivity index (χ0) is 16.2. The molecule has 0 unspecified atom stereocenters. The average molecular weight is 318 g/mol. The Morgan fingerprint density at radius 1 is 1.35 bits per heavy atom. The number of likely N-dealkylation sites (tertiary alicyclic amines) is 2. The van der Waals surface area contributed by atoms with Crippen molar-refractivity contribution in [3.8, 4) is 0 Å². The van der Waals surface area contributed by atoms with E-state index in [-0.39, 0.29) is 17.7 Å². The molecule has 0 bridgehead atoms. The van der Waals surface area contributed by atoms with Crippen LogP contribution >= 0.6 is 0 Å². The summed E-state index contributed by atoms with van der Waals surface area (Å²) < 4.78 is 1.97. The fraction of sp³-hybridized carbons (Fsp3) is 0.706. The Morgan fingerprint density at radius 3 is 2.74 bits per heavy atom. The Morgan fingerprint density at radius 2 is 2.13 bits per heavy atom. The fourth-order valence-corrected chi connectivity index (χ4v) is 3.69. The van der Waals surface area contributed by atoms with Crippen molar-refractivity contribution in [3.63, 3.8) is 0 Å². The first-order chi connectivity index (χ1) is 11.2. The maximum absolute atomic E-state index is 12.6. The zero-order valence-electron chi connectivity index (χ0n) is 13.9. The number of carbonyl (C=O) groups excluding carboxylic acids is 2. The summed E-state index contributed by atoms with van der Waals surface area (Å²) in [4.78, 5) is 28.2. The van der Waals surface area contributed by atoms with Gasteiger partial charge in [0.15, 0.2) is 0 Å². The van der Waals surface area contributed by atoms with E-state index in [0.29, 0.717) is 25.4 Å². The smallest absolute Gasteiger partial charge is 0.227 e. The topological polar surface area (TPSA) is 58.4 Å².